The Labute approximate surface area is 145 Å². The zero-order valence-corrected chi connectivity index (χ0v) is 15.2. The number of amides is 1. The van der Waals surface area contributed by atoms with E-state index >= 15 is 0 Å². The van der Waals surface area contributed by atoms with Crippen molar-refractivity contribution in [2.75, 3.05) is 35.8 Å². The molecule has 4 heteroatoms. The van der Waals surface area contributed by atoms with Crippen LogP contribution >= 0.6 is 0 Å². The molecule has 24 heavy (non-hydrogen) atoms. The summed E-state index contributed by atoms with van der Waals surface area (Å²) in [6.07, 6.45) is 0. The molecule has 0 aliphatic rings. The van der Waals surface area contributed by atoms with Crippen molar-refractivity contribution in [1.82, 2.24) is 0 Å². The molecule has 0 heterocycles. The van der Waals surface area contributed by atoms with Crippen molar-refractivity contribution in [3.8, 4) is 0 Å². The van der Waals surface area contributed by atoms with Gasteiger partial charge in [-0.1, -0.05) is 0 Å². The Hall–Kier alpha value is -2.49. The van der Waals surface area contributed by atoms with E-state index in [1.807, 2.05) is 67.5 Å². The van der Waals surface area contributed by atoms with Gasteiger partial charge in [0, 0.05) is 49.3 Å². The summed E-state index contributed by atoms with van der Waals surface area (Å²) in [4.78, 5) is 16.7. The maximum Gasteiger partial charge on any atom is 0.255 e. The van der Waals surface area contributed by atoms with Crippen molar-refractivity contribution in [2.24, 2.45) is 0 Å². The summed E-state index contributed by atoms with van der Waals surface area (Å²) < 4.78 is 0. The van der Waals surface area contributed by atoms with E-state index < -0.39 is 0 Å². The molecule has 1 amide bonds. The Balaban J connectivity index is 2.06. The smallest absolute Gasteiger partial charge is 0.255 e. The first kappa shape index (κ1) is 17.9. The summed E-state index contributed by atoms with van der Waals surface area (Å²) in [5, 5.41) is 2.95. The third-order valence-corrected chi connectivity index (χ3v) is 4.07. The number of hydrogen-bond donors (Lipinski definition) is 1. The fourth-order valence-corrected chi connectivity index (χ4v) is 2.70. The molecule has 0 aromatic heterocycles. The highest BCUT2D eigenvalue weighted by molar-refractivity contribution is 6.04. The zero-order valence-electron chi connectivity index (χ0n) is 15.2. The molecule has 128 valence electrons. The number of anilines is 3. The van der Waals surface area contributed by atoms with Crippen LogP contribution in [0.15, 0.2) is 48.5 Å². The van der Waals surface area contributed by atoms with Gasteiger partial charge in [0.25, 0.3) is 5.91 Å². The third-order valence-electron chi connectivity index (χ3n) is 4.07. The van der Waals surface area contributed by atoms with Crippen LogP contribution < -0.4 is 15.1 Å². The molecule has 1 N–H and O–H groups in total. The highest BCUT2D eigenvalue weighted by Gasteiger charge is 2.09. The van der Waals surface area contributed by atoms with Crippen molar-refractivity contribution < 1.29 is 4.79 Å². The lowest BCUT2D eigenvalue weighted by Crippen LogP contribution is -2.30. The number of carbonyl (C=O) groups is 1. The molecule has 0 bridgehead atoms. The van der Waals surface area contributed by atoms with Gasteiger partial charge in [0.1, 0.15) is 0 Å². The van der Waals surface area contributed by atoms with Crippen LogP contribution in [0.25, 0.3) is 0 Å². The molecule has 4 nitrogen and oxygen atoms in total. The second-order valence-electron chi connectivity index (χ2n) is 6.32. The van der Waals surface area contributed by atoms with Crippen LogP contribution in [0, 0.1) is 0 Å². The highest BCUT2D eigenvalue weighted by atomic mass is 16.1. The van der Waals surface area contributed by atoms with Crippen LogP contribution in [0.1, 0.15) is 31.1 Å². The van der Waals surface area contributed by atoms with E-state index in [9.17, 15) is 4.79 Å². The van der Waals surface area contributed by atoms with E-state index in [1.165, 1.54) is 5.69 Å². The maximum atomic E-state index is 12.3. The number of rotatable bonds is 6. The van der Waals surface area contributed by atoms with Gasteiger partial charge in [0.2, 0.25) is 0 Å². The molecule has 2 aromatic rings. The number of benzene rings is 2. The lowest BCUT2D eigenvalue weighted by atomic mass is 10.1. The largest absolute Gasteiger partial charge is 0.378 e. The van der Waals surface area contributed by atoms with Crippen molar-refractivity contribution in [3.05, 3.63) is 54.1 Å². The second-order valence-corrected chi connectivity index (χ2v) is 6.32. The molecular weight excluding hydrogens is 298 g/mol. The van der Waals surface area contributed by atoms with E-state index in [1.54, 1.807) is 0 Å². The summed E-state index contributed by atoms with van der Waals surface area (Å²) in [5.41, 5.74) is 3.70. The van der Waals surface area contributed by atoms with E-state index in [0.29, 0.717) is 11.6 Å². The number of hydrogen-bond acceptors (Lipinski definition) is 3. The molecular formula is C20H27N3O. The summed E-state index contributed by atoms with van der Waals surface area (Å²) in [6, 6.07) is 16.0. The Bertz CT molecular complexity index is 660. The minimum atomic E-state index is -0.0933. The Morgan fingerprint density at radius 3 is 1.96 bits per heavy atom. The average Bonchev–Trinajstić information content (AvgIpc) is 2.56. The Morgan fingerprint density at radius 1 is 0.958 bits per heavy atom. The molecule has 0 fully saturated rings. The van der Waals surface area contributed by atoms with Crippen LogP contribution in [-0.2, 0) is 0 Å². The molecule has 2 rings (SSSR count). The Kier molecular flexibility index (Phi) is 5.85. The van der Waals surface area contributed by atoms with Gasteiger partial charge in [-0.25, -0.2) is 0 Å². The minimum Gasteiger partial charge on any atom is -0.378 e. The number of nitrogens with one attached hydrogen (secondary N) is 1. The second kappa shape index (κ2) is 7.86. The van der Waals surface area contributed by atoms with Gasteiger partial charge in [-0.3, -0.25) is 4.79 Å². The molecule has 0 radical (unpaired) electrons. The lowest BCUT2D eigenvalue weighted by Gasteiger charge is -2.27. The first-order chi connectivity index (χ1) is 11.4. The van der Waals surface area contributed by atoms with E-state index in [4.69, 9.17) is 0 Å². The predicted molar refractivity (Wildman–Crippen MR) is 103 cm³/mol. The fourth-order valence-electron chi connectivity index (χ4n) is 2.70. The molecule has 0 atom stereocenters. The standard InChI is InChI=1S/C20H27N3O/c1-6-23(15(2)3)19-13-9-17(10-14-19)21-20(24)16-7-11-18(12-8-16)22(4)5/h7-15H,6H2,1-5H3,(H,21,24). The third kappa shape index (κ3) is 4.28. The van der Waals surface area contributed by atoms with Gasteiger partial charge in [-0.15, -0.1) is 0 Å². The minimum absolute atomic E-state index is 0.0933. The van der Waals surface area contributed by atoms with E-state index in [0.717, 1.165) is 17.9 Å². The number of nitrogens with zero attached hydrogens (tertiary/aromatic N) is 2. The Morgan fingerprint density at radius 2 is 1.50 bits per heavy atom. The molecule has 0 saturated heterocycles. The molecule has 0 aliphatic carbocycles. The average molecular weight is 325 g/mol. The van der Waals surface area contributed by atoms with Crippen LogP contribution in [0.2, 0.25) is 0 Å². The van der Waals surface area contributed by atoms with Crippen molar-refractivity contribution >= 4 is 23.0 Å². The van der Waals surface area contributed by atoms with Gasteiger partial charge in [-0.2, -0.15) is 0 Å². The van der Waals surface area contributed by atoms with Crippen molar-refractivity contribution in [3.63, 3.8) is 0 Å². The summed E-state index contributed by atoms with van der Waals surface area (Å²) >= 11 is 0. The SMILES string of the molecule is CCN(c1ccc(NC(=O)c2ccc(N(C)C)cc2)cc1)C(C)C. The van der Waals surface area contributed by atoms with Gasteiger partial charge in [0.15, 0.2) is 0 Å². The summed E-state index contributed by atoms with van der Waals surface area (Å²) in [6.45, 7) is 7.46. The topological polar surface area (TPSA) is 35.6 Å². The maximum absolute atomic E-state index is 12.3. The molecule has 0 unspecified atom stereocenters. The zero-order chi connectivity index (χ0) is 17.7. The van der Waals surface area contributed by atoms with Crippen LogP contribution in [0.5, 0.6) is 0 Å². The molecule has 0 aliphatic heterocycles. The lowest BCUT2D eigenvalue weighted by molar-refractivity contribution is 0.102. The first-order valence-electron chi connectivity index (χ1n) is 8.37. The van der Waals surface area contributed by atoms with Gasteiger partial charge in [-0.05, 0) is 69.3 Å². The van der Waals surface area contributed by atoms with E-state index in [2.05, 4.69) is 31.0 Å². The van der Waals surface area contributed by atoms with Gasteiger partial charge in [0.05, 0.1) is 0 Å². The first-order valence-corrected chi connectivity index (χ1v) is 8.37. The molecule has 0 saturated carbocycles. The van der Waals surface area contributed by atoms with Gasteiger partial charge >= 0.3 is 0 Å². The number of carbonyl (C=O) groups excluding carboxylic acids is 1. The van der Waals surface area contributed by atoms with Crippen LogP contribution in [0.4, 0.5) is 17.1 Å². The van der Waals surface area contributed by atoms with Crippen molar-refractivity contribution in [1.29, 1.82) is 0 Å². The van der Waals surface area contributed by atoms with Gasteiger partial charge < -0.3 is 15.1 Å². The van der Waals surface area contributed by atoms with E-state index in [-0.39, 0.29) is 5.91 Å². The summed E-state index contributed by atoms with van der Waals surface area (Å²) in [7, 11) is 3.96. The quantitative estimate of drug-likeness (QED) is 0.863. The molecule has 0 spiro atoms. The van der Waals surface area contributed by atoms with Crippen molar-refractivity contribution in [2.45, 2.75) is 26.8 Å². The monoisotopic (exact) mass is 325 g/mol. The molecule has 2 aromatic carbocycles. The van der Waals surface area contributed by atoms with Crippen LogP contribution in [-0.4, -0.2) is 32.6 Å². The van der Waals surface area contributed by atoms with Crippen LogP contribution in [0.3, 0.4) is 0 Å². The fraction of sp³-hybridized carbons (Fsp3) is 0.350. The highest BCUT2D eigenvalue weighted by Crippen LogP contribution is 2.20. The normalized spacial score (nSPS) is 10.6. The summed E-state index contributed by atoms with van der Waals surface area (Å²) in [5.74, 6) is -0.0933. The predicted octanol–water partition coefficient (Wildman–Crippen LogP) is 4.24.